The van der Waals surface area contributed by atoms with Gasteiger partial charge in [0.2, 0.25) is 0 Å². The van der Waals surface area contributed by atoms with Crippen LogP contribution in [0.2, 0.25) is 0 Å². The number of aromatic nitrogens is 2. The van der Waals surface area contributed by atoms with E-state index in [2.05, 4.69) is 0 Å². The zero-order chi connectivity index (χ0) is 21.0. The van der Waals surface area contributed by atoms with Crippen molar-refractivity contribution in [3.63, 3.8) is 0 Å². The summed E-state index contributed by atoms with van der Waals surface area (Å²) in [4.78, 5) is 51.2. The molecule has 0 bridgehead atoms. The molecule has 11 heteroatoms. The number of anilines is 1. The molecule has 1 aliphatic heterocycles. The lowest BCUT2D eigenvalue weighted by Crippen LogP contribution is -2.38. The van der Waals surface area contributed by atoms with Gasteiger partial charge in [0.1, 0.15) is 5.69 Å². The van der Waals surface area contributed by atoms with Crippen LogP contribution in [0.15, 0.2) is 46.1 Å². The molecule has 146 valence electrons. The molecule has 7 nitrogen and oxygen atoms in total. The van der Waals surface area contributed by atoms with E-state index < -0.39 is 63.1 Å². The van der Waals surface area contributed by atoms with Crippen molar-refractivity contribution in [3.05, 3.63) is 91.8 Å². The van der Waals surface area contributed by atoms with E-state index in [9.17, 15) is 36.7 Å². The molecule has 0 saturated heterocycles. The van der Waals surface area contributed by atoms with Crippen LogP contribution in [0.25, 0.3) is 5.69 Å². The number of imide groups is 1. The zero-order valence-corrected chi connectivity index (χ0v) is 14.0. The highest BCUT2D eigenvalue weighted by atomic mass is 19.2. The number of fused-ring (bicyclic) bond motifs is 1. The van der Waals surface area contributed by atoms with Crippen LogP contribution in [0.5, 0.6) is 0 Å². The summed E-state index contributed by atoms with van der Waals surface area (Å²) >= 11 is 0. The summed E-state index contributed by atoms with van der Waals surface area (Å²) < 4.78 is 56.0. The first-order valence-corrected chi connectivity index (χ1v) is 7.90. The van der Waals surface area contributed by atoms with E-state index in [4.69, 9.17) is 0 Å². The third-order valence-corrected chi connectivity index (χ3v) is 4.30. The van der Waals surface area contributed by atoms with Crippen LogP contribution >= 0.6 is 0 Å². The third-order valence-electron chi connectivity index (χ3n) is 4.30. The van der Waals surface area contributed by atoms with Crippen molar-refractivity contribution in [1.29, 1.82) is 0 Å². The maximum atomic E-state index is 14.0. The van der Waals surface area contributed by atoms with Crippen LogP contribution < -0.4 is 16.1 Å². The van der Waals surface area contributed by atoms with E-state index in [0.717, 1.165) is 10.8 Å². The summed E-state index contributed by atoms with van der Waals surface area (Å²) in [7, 11) is 0. The molecule has 2 heterocycles. The fourth-order valence-electron chi connectivity index (χ4n) is 2.97. The molecule has 0 saturated carbocycles. The minimum atomic E-state index is -2.27. The number of nitrogens with zero attached hydrogens (tertiary/aromatic N) is 2. The van der Waals surface area contributed by atoms with Gasteiger partial charge in [0.15, 0.2) is 23.3 Å². The molecule has 29 heavy (non-hydrogen) atoms. The average Bonchev–Trinajstić information content (AvgIpc) is 2.96. The van der Waals surface area contributed by atoms with Gasteiger partial charge in [-0.1, -0.05) is 18.2 Å². The van der Waals surface area contributed by atoms with E-state index in [0.29, 0.717) is 0 Å². The Balaban J connectivity index is 1.95. The van der Waals surface area contributed by atoms with Crippen LogP contribution in [0.4, 0.5) is 23.2 Å². The molecule has 0 fully saturated rings. The highest BCUT2D eigenvalue weighted by Crippen LogP contribution is 2.33. The molecule has 0 aliphatic carbocycles. The Bertz CT molecular complexity index is 1280. The minimum absolute atomic E-state index is 0.0490. The molecule has 0 radical (unpaired) electrons. The quantitative estimate of drug-likeness (QED) is 0.305. The second-order valence-electron chi connectivity index (χ2n) is 5.93. The number of rotatable bonds is 2. The second kappa shape index (κ2) is 6.26. The van der Waals surface area contributed by atoms with Crippen LogP contribution in [0.1, 0.15) is 20.7 Å². The molecule has 0 atom stereocenters. The number of nitrogens with one attached hydrogen (secondary N) is 1. The SMILES string of the molecule is O=C1c2c(F)c(F)c(F)c(F)c2C(=O)N1c1cn(-c2ccccc2)c(=O)[nH]c1=O. The lowest BCUT2D eigenvalue weighted by Gasteiger charge is -2.14. The minimum Gasteiger partial charge on any atom is -0.272 e. The predicted molar refractivity (Wildman–Crippen MR) is 90.1 cm³/mol. The Morgan fingerprint density at radius 3 is 1.76 bits per heavy atom. The van der Waals surface area contributed by atoms with Gasteiger partial charge in [0.05, 0.1) is 16.8 Å². The van der Waals surface area contributed by atoms with Gasteiger partial charge in [-0.25, -0.2) is 27.3 Å². The van der Waals surface area contributed by atoms with Crippen LogP contribution in [-0.4, -0.2) is 21.4 Å². The second-order valence-corrected chi connectivity index (χ2v) is 5.93. The number of halogens is 4. The Morgan fingerprint density at radius 2 is 1.24 bits per heavy atom. The van der Waals surface area contributed by atoms with Crippen molar-refractivity contribution in [2.24, 2.45) is 0 Å². The van der Waals surface area contributed by atoms with Crippen molar-refractivity contribution in [2.75, 3.05) is 4.90 Å². The van der Waals surface area contributed by atoms with Gasteiger partial charge in [-0.2, -0.15) is 0 Å². The number of hydrogen-bond donors (Lipinski definition) is 1. The van der Waals surface area contributed by atoms with E-state index in [1.807, 2.05) is 4.98 Å². The lowest BCUT2D eigenvalue weighted by molar-refractivity contribution is 0.0923. The molecule has 1 aromatic heterocycles. The van der Waals surface area contributed by atoms with Gasteiger partial charge in [-0.3, -0.25) is 23.9 Å². The molecule has 3 aromatic rings. The maximum Gasteiger partial charge on any atom is 0.333 e. The van der Waals surface area contributed by atoms with Crippen LogP contribution in [-0.2, 0) is 0 Å². The molecule has 0 spiro atoms. The number of benzene rings is 2. The van der Waals surface area contributed by atoms with E-state index in [1.54, 1.807) is 18.2 Å². The largest absolute Gasteiger partial charge is 0.333 e. The highest BCUT2D eigenvalue weighted by molar-refractivity contribution is 6.34. The molecular weight excluding hydrogens is 398 g/mol. The Kier molecular flexibility index (Phi) is 3.96. The molecule has 4 rings (SSSR count). The summed E-state index contributed by atoms with van der Waals surface area (Å²) in [5, 5.41) is 0. The third kappa shape index (κ3) is 2.51. The van der Waals surface area contributed by atoms with Gasteiger partial charge in [-0.15, -0.1) is 0 Å². The molecule has 1 N–H and O–H groups in total. The number of H-pyrrole nitrogens is 1. The summed E-state index contributed by atoms with van der Waals surface area (Å²) in [6.07, 6.45) is 0.806. The Hall–Kier alpha value is -4.02. The standard InChI is InChI=1S/C18H7F4N3O4/c19-11-9-10(12(20)14(22)13(11)21)17(28)25(16(9)27)8-6-24(18(29)23-15(8)26)7-4-2-1-3-5-7/h1-6H,(H,23,26,29). The van der Waals surface area contributed by atoms with E-state index >= 15 is 0 Å². The molecule has 2 amide bonds. The molecule has 0 unspecified atom stereocenters. The fourth-order valence-corrected chi connectivity index (χ4v) is 2.97. The smallest absolute Gasteiger partial charge is 0.272 e. The van der Waals surface area contributed by atoms with Crippen molar-refractivity contribution in [1.82, 2.24) is 9.55 Å². The van der Waals surface area contributed by atoms with Crippen LogP contribution in [0.3, 0.4) is 0 Å². The first-order valence-electron chi connectivity index (χ1n) is 7.90. The number of aromatic amines is 1. The van der Waals surface area contributed by atoms with Gasteiger partial charge in [0.25, 0.3) is 17.4 Å². The monoisotopic (exact) mass is 405 g/mol. The molecular formula is C18H7F4N3O4. The number of amides is 2. The average molecular weight is 405 g/mol. The maximum absolute atomic E-state index is 14.0. The van der Waals surface area contributed by atoms with Gasteiger partial charge < -0.3 is 0 Å². The van der Waals surface area contributed by atoms with Gasteiger partial charge in [0, 0.05) is 6.20 Å². The lowest BCUT2D eigenvalue weighted by atomic mass is 10.1. The Morgan fingerprint density at radius 1 is 0.724 bits per heavy atom. The number of carbonyl (C=O) groups is 2. The van der Waals surface area contributed by atoms with Crippen molar-refractivity contribution in [3.8, 4) is 5.69 Å². The normalized spacial score (nSPS) is 13.2. The first-order chi connectivity index (χ1) is 13.7. The zero-order valence-electron chi connectivity index (χ0n) is 14.0. The van der Waals surface area contributed by atoms with Crippen molar-refractivity contribution >= 4 is 17.5 Å². The summed E-state index contributed by atoms with van der Waals surface area (Å²) in [6, 6.07) is 7.70. The van der Waals surface area contributed by atoms with Crippen LogP contribution in [0, 0.1) is 23.3 Å². The summed E-state index contributed by atoms with van der Waals surface area (Å²) in [5.41, 5.74) is -5.36. The number of carbonyl (C=O) groups excluding carboxylic acids is 2. The first kappa shape index (κ1) is 18.3. The molecule has 2 aromatic carbocycles. The van der Waals surface area contributed by atoms with E-state index in [1.165, 1.54) is 12.1 Å². The fraction of sp³-hybridized carbons (Fsp3) is 0. The highest BCUT2D eigenvalue weighted by Gasteiger charge is 2.45. The number of hydrogen-bond acceptors (Lipinski definition) is 4. The summed E-state index contributed by atoms with van der Waals surface area (Å²) in [5.74, 6) is -11.8. The van der Waals surface area contributed by atoms with E-state index in [-0.39, 0.29) is 10.6 Å². The summed E-state index contributed by atoms with van der Waals surface area (Å²) in [6.45, 7) is 0. The van der Waals surface area contributed by atoms with Crippen molar-refractivity contribution < 1.29 is 27.2 Å². The number of para-hydroxylation sites is 1. The van der Waals surface area contributed by atoms with Gasteiger partial charge >= 0.3 is 5.69 Å². The van der Waals surface area contributed by atoms with Gasteiger partial charge in [-0.05, 0) is 12.1 Å². The predicted octanol–water partition coefficient (Wildman–Crippen LogP) is 1.88. The topological polar surface area (TPSA) is 92.2 Å². The molecule has 1 aliphatic rings. The van der Waals surface area contributed by atoms with Crippen molar-refractivity contribution in [2.45, 2.75) is 0 Å². The Labute approximate surface area is 157 Å².